The van der Waals surface area contributed by atoms with Gasteiger partial charge in [0.2, 0.25) is 0 Å². The Labute approximate surface area is 184 Å². The Kier molecular flexibility index (Phi) is 5.22. The summed E-state index contributed by atoms with van der Waals surface area (Å²) in [5.41, 5.74) is 4.85. The maximum Gasteiger partial charge on any atom is 0.344 e. The second-order valence-corrected chi connectivity index (χ2v) is 7.47. The molecule has 4 aromatic carbocycles. The van der Waals surface area contributed by atoms with Gasteiger partial charge >= 0.3 is 5.63 Å². The van der Waals surface area contributed by atoms with Crippen LogP contribution in [-0.4, -0.2) is 0 Å². The van der Waals surface area contributed by atoms with E-state index in [4.69, 9.17) is 4.42 Å². The highest BCUT2D eigenvalue weighted by atomic mass is 19.1. The quantitative estimate of drug-likeness (QED) is 0.289. The minimum atomic E-state index is -0.456. The molecule has 0 saturated heterocycles. The van der Waals surface area contributed by atoms with Gasteiger partial charge < -0.3 is 4.42 Å². The van der Waals surface area contributed by atoms with Gasteiger partial charge in [0, 0.05) is 10.9 Å². The molecule has 0 radical (unpaired) electrons. The van der Waals surface area contributed by atoms with Crippen molar-refractivity contribution in [3.05, 3.63) is 142 Å². The molecule has 0 atom stereocenters. The smallest absolute Gasteiger partial charge is 0.344 e. The maximum absolute atomic E-state index is 13.6. The van der Waals surface area contributed by atoms with E-state index < -0.39 is 5.63 Å². The second kappa shape index (κ2) is 8.48. The molecule has 0 aliphatic rings. The van der Waals surface area contributed by atoms with E-state index in [1.165, 1.54) is 12.1 Å². The predicted octanol–water partition coefficient (Wildman–Crippen LogP) is 7.19. The number of para-hydroxylation sites is 1. The second-order valence-electron chi connectivity index (χ2n) is 7.47. The summed E-state index contributed by atoms with van der Waals surface area (Å²) in [5, 5.41) is 0.816. The molecule has 154 valence electrons. The summed E-state index contributed by atoms with van der Waals surface area (Å²) in [6.07, 6.45) is 2.03. The van der Waals surface area contributed by atoms with Gasteiger partial charge in [0.25, 0.3) is 0 Å². The Morgan fingerprint density at radius 2 is 1.25 bits per heavy atom. The van der Waals surface area contributed by atoms with Gasteiger partial charge in [-0.25, -0.2) is 9.18 Å². The third-order valence-electron chi connectivity index (χ3n) is 5.44. The minimum absolute atomic E-state index is 0.356. The molecule has 0 amide bonds. The van der Waals surface area contributed by atoms with E-state index in [1.54, 1.807) is 18.2 Å². The van der Waals surface area contributed by atoms with Crippen molar-refractivity contribution in [1.29, 1.82) is 0 Å². The molecular formula is C29H19FO2. The Morgan fingerprint density at radius 1 is 0.688 bits per heavy atom. The number of fused-ring (bicyclic) bond motifs is 1. The van der Waals surface area contributed by atoms with Crippen LogP contribution in [0.1, 0.15) is 16.7 Å². The van der Waals surface area contributed by atoms with Crippen LogP contribution in [0.25, 0.3) is 33.7 Å². The first-order chi connectivity index (χ1) is 15.7. The van der Waals surface area contributed by atoms with E-state index in [1.807, 2.05) is 84.9 Å². The summed E-state index contributed by atoms with van der Waals surface area (Å²) in [6.45, 7) is 0. The molecule has 32 heavy (non-hydrogen) atoms. The minimum Gasteiger partial charge on any atom is -0.422 e. The third kappa shape index (κ3) is 3.77. The highest BCUT2D eigenvalue weighted by molar-refractivity contribution is 6.01. The Hall–Kier alpha value is -4.24. The fourth-order valence-corrected chi connectivity index (χ4v) is 3.93. The van der Waals surface area contributed by atoms with E-state index in [0.29, 0.717) is 16.7 Å². The molecule has 0 saturated carbocycles. The van der Waals surface area contributed by atoms with Gasteiger partial charge in [0.15, 0.2) is 0 Å². The highest BCUT2D eigenvalue weighted by Crippen LogP contribution is 2.33. The number of hydrogen-bond donors (Lipinski definition) is 0. The van der Waals surface area contributed by atoms with Crippen LogP contribution in [0.4, 0.5) is 4.39 Å². The monoisotopic (exact) mass is 418 g/mol. The molecule has 2 nitrogen and oxygen atoms in total. The zero-order valence-electron chi connectivity index (χ0n) is 17.2. The van der Waals surface area contributed by atoms with Crippen molar-refractivity contribution in [1.82, 2.24) is 0 Å². The van der Waals surface area contributed by atoms with Crippen molar-refractivity contribution in [2.45, 2.75) is 0 Å². The summed E-state index contributed by atoms with van der Waals surface area (Å²) in [7, 11) is 0. The van der Waals surface area contributed by atoms with Crippen LogP contribution < -0.4 is 5.63 Å². The lowest BCUT2D eigenvalue weighted by atomic mass is 9.91. The molecule has 3 heteroatoms. The summed E-state index contributed by atoms with van der Waals surface area (Å²) in [6, 6.07) is 33.5. The SMILES string of the molecule is O=c1oc2ccccc2c(C=C(c2ccccc2)c2ccccc2)c1-c1ccc(F)cc1. The van der Waals surface area contributed by atoms with Gasteiger partial charge in [0.1, 0.15) is 11.4 Å². The summed E-state index contributed by atoms with van der Waals surface area (Å²) >= 11 is 0. The van der Waals surface area contributed by atoms with Crippen molar-refractivity contribution < 1.29 is 8.81 Å². The molecule has 5 rings (SSSR count). The van der Waals surface area contributed by atoms with Crippen LogP contribution in [0, 0.1) is 5.82 Å². The summed E-state index contributed by atoms with van der Waals surface area (Å²) in [5.74, 6) is -0.356. The number of hydrogen-bond acceptors (Lipinski definition) is 2. The van der Waals surface area contributed by atoms with Gasteiger partial charge in [0.05, 0.1) is 5.56 Å². The van der Waals surface area contributed by atoms with Crippen LogP contribution in [0.5, 0.6) is 0 Å². The first kappa shape index (κ1) is 19.7. The standard InChI is InChI=1S/C29H19FO2/c30-23-17-15-22(16-18-23)28-26(24-13-7-8-14-27(24)32-29(28)31)19-25(20-9-3-1-4-10-20)21-11-5-2-6-12-21/h1-19H. The molecule has 0 aliphatic carbocycles. The molecule has 0 fully saturated rings. The van der Waals surface area contributed by atoms with Crippen molar-refractivity contribution in [3.8, 4) is 11.1 Å². The first-order valence-electron chi connectivity index (χ1n) is 10.3. The fraction of sp³-hybridized carbons (Fsp3) is 0. The summed E-state index contributed by atoms with van der Waals surface area (Å²) in [4.78, 5) is 13.1. The summed E-state index contributed by atoms with van der Waals surface area (Å²) < 4.78 is 19.2. The Balaban J connectivity index is 1.87. The average molecular weight is 418 g/mol. The van der Waals surface area contributed by atoms with E-state index in [2.05, 4.69) is 0 Å². The average Bonchev–Trinajstić information content (AvgIpc) is 2.84. The maximum atomic E-state index is 13.6. The molecule has 1 heterocycles. The first-order valence-corrected chi connectivity index (χ1v) is 10.3. The molecule has 0 N–H and O–H groups in total. The lowest BCUT2D eigenvalue weighted by Crippen LogP contribution is -2.06. The van der Waals surface area contributed by atoms with Crippen LogP contribution in [0.2, 0.25) is 0 Å². The lowest BCUT2D eigenvalue weighted by molar-refractivity contribution is 0.563. The van der Waals surface area contributed by atoms with Gasteiger partial charge in [-0.05, 0) is 46.5 Å². The normalized spacial score (nSPS) is 10.8. The number of rotatable bonds is 4. The van der Waals surface area contributed by atoms with E-state index in [-0.39, 0.29) is 5.82 Å². The van der Waals surface area contributed by atoms with Crippen molar-refractivity contribution in [2.75, 3.05) is 0 Å². The van der Waals surface area contributed by atoms with E-state index in [0.717, 1.165) is 27.6 Å². The van der Waals surface area contributed by atoms with Crippen LogP contribution in [0.3, 0.4) is 0 Å². The molecule has 0 bridgehead atoms. The fourth-order valence-electron chi connectivity index (χ4n) is 3.93. The molecule has 0 spiro atoms. The van der Waals surface area contributed by atoms with Crippen LogP contribution in [-0.2, 0) is 0 Å². The Morgan fingerprint density at radius 3 is 1.88 bits per heavy atom. The lowest BCUT2D eigenvalue weighted by Gasteiger charge is -2.13. The van der Waals surface area contributed by atoms with E-state index >= 15 is 0 Å². The van der Waals surface area contributed by atoms with Crippen LogP contribution >= 0.6 is 0 Å². The predicted molar refractivity (Wildman–Crippen MR) is 128 cm³/mol. The molecule has 0 aliphatic heterocycles. The Bertz CT molecular complexity index is 1420. The molecule has 5 aromatic rings. The van der Waals surface area contributed by atoms with E-state index in [9.17, 15) is 9.18 Å². The largest absolute Gasteiger partial charge is 0.422 e. The van der Waals surface area contributed by atoms with Gasteiger partial charge in [-0.1, -0.05) is 91.0 Å². The number of halogens is 1. The zero-order chi connectivity index (χ0) is 21.9. The van der Waals surface area contributed by atoms with Gasteiger partial charge in [-0.15, -0.1) is 0 Å². The highest BCUT2D eigenvalue weighted by Gasteiger charge is 2.17. The molecular weight excluding hydrogens is 399 g/mol. The van der Waals surface area contributed by atoms with Crippen molar-refractivity contribution in [2.24, 2.45) is 0 Å². The zero-order valence-corrected chi connectivity index (χ0v) is 17.2. The molecule has 0 unspecified atom stereocenters. The van der Waals surface area contributed by atoms with Crippen molar-refractivity contribution >= 4 is 22.6 Å². The van der Waals surface area contributed by atoms with Crippen LogP contribution in [0.15, 0.2) is 118 Å². The number of benzene rings is 4. The molecule has 1 aromatic heterocycles. The van der Waals surface area contributed by atoms with Crippen molar-refractivity contribution in [3.63, 3.8) is 0 Å². The van der Waals surface area contributed by atoms with Gasteiger partial charge in [-0.2, -0.15) is 0 Å². The third-order valence-corrected chi connectivity index (χ3v) is 5.44. The van der Waals surface area contributed by atoms with Gasteiger partial charge in [-0.3, -0.25) is 0 Å². The topological polar surface area (TPSA) is 30.2 Å².